The summed E-state index contributed by atoms with van der Waals surface area (Å²) in [6.45, 7) is 2.88. The maximum Gasteiger partial charge on any atom is 0.243 e. The highest BCUT2D eigenvalue weighted by Crippen LogP contribution is 2.23. The molecular formula is C12H18N2O3S. The number of benzene rings is 1. The fraction of sp³-hybridized carbons (Fsp3) is 0.500. The Morgan fingerprint density at radius 1 is 1.44 bits per heavy atom. The molecular weight excluding hydrogens is 252 g/mol. The van der Waals surface area contributed by atoms with Crippen LogP contribution in [0.25, 0.3) is 0 Å². The Bertz CT molecular complexity index is 536. The number of sulfonamides is 1. The Balaban J connectivity index is 2.32. The van der Waals surface area contributed by atoms with Gasteiger partial charge in [-0.25, -0.2) is 8.42 Å². The van der Waals surface area contributed by atoms with Crippen molar-refractivity contribution < 1.29 is 13.2 Å². The number of aryl methyl sites for hydroxylation is 1. The fourth-order valence-corrected chi connectivity index (χ4v) is 3.44. The molecule has 100 valence electrons. The van der Waals surface area contributed by atoms with E-state index in [9.17, 15) is 8.42 Å². The molecule has 1 saturated heterocycles. The summed E-state index contributed by atoms with van der Waals surface area (Å²) < 4.78 is 31.4. The minimum Gasteiger partial charge on any atom is -0.399 e. The Morgan fingerprint density at radius 3 is 2.72 bits per heavy atom. The van der Waals surface area contributed by atoms with Gasteiger partial charge in [-0.3, -0.25) is 0 Å². The molecule has 1 aliphatic rings. The summed E-state index contributed by atoms with van der Waals surface area (Å²) in [7, 11) is -1.87. The molecule has 5 nitrogen and oxygen atoms in total. The first-order valence-corrected chi connectivity index (χ1v) is 7.29. The lowest BCUT2D eigenvalue weighted by Crippen LogP contribution is -2.37. The van der Waals surface area contributed by atoms with Crippen LogP contribution in [-0.2, 0) is 14.8 Å². The Morgan fingerprint density at radius 2 is 2.17 bits per heavy atom. The summed E-state index contributed by atoms with van der Waals surface area (Å²) in [5.41, 5.74) is 7.07. The second-order valence-electron chi connectivity index (χ2n) is 4.56. The fourth-order valence-electron chi connectivity index (χ4n) is 1.98. The number of anilines is 1. The van der Waals surface area contributed by atoms with Crippen LogP contribution in [0.1, 0.15) is 12.0 Å². The number of nitrogens with zero attached hydrogens (tertiary/aromatic N) is 1. The van der Waals surface area contributed by atoms with Crippen LogP contribution in [0.4, 0.5) is 5.69 Å². The number of rotatable bonds is 3. The third-order valence-corrected chi connectivity index (χ3v) is 5.24. The van der Waals surface area contributed by atoms with Gasteiger partial charge in [0.25, 0.3) is 0 Å². The minimum atomic E-state index is -3.46. The van der Waals surface area contributed by atoms with Gasteiger partial charge in [0.15, 0.2) is 0 Å². The number of ether oxygens (including phenoxy) is 1. The number of hydrogen-bond donors (Lipinski definition) is 1. The lowest BCUT2D eigenvalue weighted by molar-refractivity contribution is 0.181. The monoisotopic (exact) mass is 270 g/mol. The molecule has 1 heterocycles. The third kappa shape index (κ3) is 2.36. The van der Waals surface area contributed by atoms with Gasteiger partial charge in [-0.05, 0) is 37.1 Å². The molecule has 0 spiro atoms. The normalized spacial score (nSPS) is 20.5. The van der Waals surface area contributed by atoms with Gasteiger partial charge in [-0.15, -0.1) is 0 Å². The molecule has 1 aromatic carbocycles. The minimum absolute atomic E-state index is 0.0761. The third-order valence-electron chi connectivity index (χ3n) is 3.34. The molecule has 1 aromatic rings. The van der Waals surface area contributed by atoms with Gasteiger partial charge in [0.05, 0.1) is 17.5 Å². The Labute approximate surface area is 108 Å². The molecule has 18 heavy (non-hydrogen) atoms. The van der Waals surface area contributed by atoms with Gasteiger partial charge in [-0.2, -0.15) is 4.31 Å². The summed E-state index contributed by atoms with van der Waals surface area (Å²) in [4.78, 5) is 0.281. The summed E-state index contributed by atoms with van der Waals surface area (Å²) in [6.07, 6.45) is 0.740. The highest BCUT2D eigenvalue weighted by molar-refractivity contribution is 7.89. The zero-order valence-corrected chi connectivity index (χ0v) is 11.4. The van der Waals surface area contributed by atoms with Crippen LogP contribution >= 0.6 is 0 Å². The van der Waals surface area contributed by atoms with Crippen LogP contribution in [0.15, 0.2) is 23.1 Å². The van der Waals surface area contributed by atoms with Crippen molar-refractivity contribution in [2.75, 3.05) is 26.0 Å². The van der Waals surface area contributed by atoms with Gasteiger partial charge in [0, 0.05) is 19.3 Å². The second kappa shape index (κ2) is 4.87. The van der Waals surface area contributed by atoms with E-state index in [2.05, 4.69) is 0 Å². The molecule has 1 fully saturated rings. The number of likely N-dealkylation sites (N-methyl/N-ethyl adjacent to an activating group) is 1. The van der Waals surface area contributed by atoms with Crippen LogP contribution in [0.3, 0.4) is 0 Å². The summed E-state index contributed by atoms with van der Waals surface area (Å²) in [5.74, 6) is 0. The first-order chi connectivity index (χ1) is 8.43. The van der Waals surface area contributed by atoms with Crippen molar-refractivity contribution in [3.63, 3.8) is 0 Å². The maximum absolute atomic E-state index is 12.4. The average Bonchev–Trinajstić information content (AvgIpc) is 2.85. The average molecular weight is 270 g/mol. The molecule has 1 aliphatic heterocycles. The van der Waals surface area contributed by atoms with Crippen molar-refractivity contribution in [3.8, 4) is 0 Å². The van der Waals surface area contributed by atoms with Crippen LogP contribution < -0.4 is 5.73 Å². The van der Waals surface area contributed by atoms with E-state index in [1.54, 1.807) is 32.2 Å². The van der Waals surface area contributed by atoms with E-state index in [-0.39, 0.29) is 10.9 Å². The lowest BCUT2D eigenvalue weighted by atomic mass is 10.2. The lowest BCUT2D eigenvalue weighted by Gasteiger charge is -2.22. The molecule has 2 rings (SSSR count). The number of nitrogens with two attached hydrogens (primary N) is 1. The van der Waals surface area contributed by atoms with Gasteiger partial charge in [0.2, 0.25) is 10.0 Å². The van der Waals surface area contributed by atoms with Crippen molar-refractivity contribution in [1.82, 2.24) is 4.31 Å². The summed E-state index contributed by atoms with van der Waals surface area (Å²) >= 11 is 0. The van der Waals surface area contributed by atoms with Crippen LogP contribution in [-0.4, -0.2) is 39.0 Å². The molecule has 0 radical (unpaired) electrons. The van der Waals surface area contributed by atoms with Gasteiger partial charge < -0.3 is 10.5 Å². The first kappa shape index (κ1) is 13.3. The summed E-state index contributed by atoms with van der Waals surface area (Å²) in [6, 6.07) is 4.70. The second-order valence-corrected chi connectivity index (χ2v) is 6.55. The van der Waals surface area contributed by atoms with Crippen molar-refractivity contribution >= 4 is 15.7 Å². The standard InChI is InChI=1S/C12H18N2O3S/c1-9-7-11(3-4-12(9)13)18(15,16)14(2)10-5-6-17-8-10/h3-4,7,10H,5-6,8,13H2,1-2H3. The molecule has 2 N–H and O–H groups in total. The highest BCUT2D eigenvalue weighted by atomic mass is 32.2. The van der Waals surface area contributed by atoms with Crippen LogP contribution in [0, 0.1) is 6.92 Å². The van der Waals surface area contributed by atoms with E-state index in [0.29, 0.717) is 18.9 Å². The molecule has 0 bridgehead atoms. The molecule has 1 atom stereocenters. The molecule has 0 aliphatic carbocycles. The van der Waals surface area contributed by atoms with Crippen molar-refractivity contribution in [3.05, 3.63) is 23.8 Å². The number of nitrogen functional groups attached to an aromatic ring is 1. The predicted molar refractivity (Wildman–Crippen MR) is 69.8 cm³/mol. The maximum atomic E-state index is 12.4. The van der Waals surface area contributed by atoms with Crippen molar-refractivity contribution in [2.45, 2.75) is 24.3 Å². The van der Waals surface area contributed by atoms with E-state index >= 15 is 0 Å². The Hall–Kier alpha value is -1.11. The zero-order valence-electron chi connectivity index (χ0n) is 10.6. The molecule has 0 amide bonds. The van der Waals surface area contributed by atoms with Crippen molar-refractivity contribution in [1.29, 1.82) is 0 Å². The topological polar surface area (TPSA) is 72.6 Å². The van der Waals surface area contributed by atoms with Gasteiger partial charge >= 0.3 is 0 Å². The van der Waals surface area contributed by atoms with Crippen LogP contribution in [0.2, 0.25) is 0 Å². The van der Waals surface area contributed by atoms with Gasteiger partial charge in [0.1, 0.15) is 0 Å². The number of hydrogen-bond acceptors (Lipinski definition) is 4. The predicted octanol–water partition coefficient (Wildman–Crippen LogP) is 0.987. The van der Waals surface area contributed by atoms with E-state index in [4.69, 9.17) is 10.5 Å². The smallest absolute Gasteiger partial charge is 0.243 e. The van der Waals surface area contributed by atoms with E-state index < -0.39 is 10.0 Å². The molecule has 0 aromatic heterocycles. The van der Waals surface area contributed by atoms with E-state index in [1.165, 1.54) is 4.31 Å². The van der Waals surface area contributed by atoms with Crippen molar-refractivity contribution in [2.24, 2.45) is 0 Å². The summed E-state index contributed by atoms with van der Waals surface area (Å²) in [5, 5.41) is 0. The molecule has 0 saturated carbocycles. The molecule has 6 heteroatoms. The Kier molecular flexibility index (Phi) is 3.61. The van der Waals surface area contributed by atoms with E-state index in [1.807, 2.05) is 0 Å². The van der Waals surface area contributed by atoms with Crippen LogP contribution in [0.5, 0.6) is 0 Å². The largest absolute Gasteiger partial charge is 0.399 e. The SMILES string of the molecule is Cc1cc(S(=O)(=O)N(C)C2CCOC2)ccc1N. The van der Waals surface area contributed by atoms with E-state index in [0.717, 1.165) is 12.0 Å². The first-order valence-electron chi connectivity index (χ1n) is 5.85. The molecule has 1 unspecified atom stereocenters. The van der Waals surface area contributed by atoms with Gasteiger partial charge in [-0.1, -0.05) is 0 Å². The highest BCUT2D eigenvalue weighted by Gasteiger charge is 2.30. The quantitative estimate of drug-likeness (QED) is 0.831. The zero-order chi connectivity index (χ0) is 13.3.